The van der Waals surface area contributed by atoms with E-state index in [0.717, 1.165) is 0 Å². The summed E-state index contributed by atoms with van der Waals surface area (Å²) in [4.78, 5) is 0. The number of hydrogen-bond donors (Lipinski definition) is 0. The molecule has 1 nitrogen and oxygen atoms in total. The Bertz CT molecular complexity index is 315. The molecule has 1 heterocycles. The Morgan fingerprint density at radius 1 is 1.06 bits per heavy atom. The van der Waals surface area contributed by atoms with E-state index in [9.17, 15) is 0 Å². The second-order valence-electron chi connectivity index (χ2n) is 5.68. The molecule has 92 valence electrons. The molecule has 1 aromatic rings. The molecule has 0 spiro atoms. The van der Waals surface area contributed by atoms with E-state index in [1.54, 1.807) is 11.3 Å². The third kappa shape index (κ3) is 3.13. The number of hydrogen-bond acceptors (Lipinski definition) is 0. The van der Waals surface area contributed by atoms with Gasteiger partial charge in [-0.3, -0.25) is 0 Å². The van der Waals surface area contributed by atoms with E-state index < -0.39 is 0 Å². The summed E-state index contributed by atoms with van der Waals surface area (Å²) >= 11 is 0. The van der Waals surface area contributed by atoms with Crippen molar-refractivity contribution in [3.63, 3.8) is 0 Å². The van der Waals surface area contributed by atoms with Crippen molar-refractivity contribution in [2.45, 2.75) is 72.3 Å². The van der Waals surface area contributed by atoms with Gasteiger partial charge in [0.05, 0.1) is 0 Å². The number of unbranched alkanes of at least 4 members (excludes halogenated alkanes) is 1. The Labute approximate surface area is 101 Å². The van der Waals surface area contributed by atoms with Gasteiger partial charge in [0, 0.05) is 17.4 Å². The predicted molar refractivity (Wildman–Crippen MR) is 72.0 cm³/mol. The van der Waals surface area contributed by atoms with E-state index in [2.05, 4.69) is 51.4 Å². The molecule has 1 heteroatoms. The molecule has 0 bridgehead atoms. The molecule has 0 saturated heterocycles. The van der Waals surface area contributed by atoms with Crippen LogP contribution in [0, 0.1) is 0 Å². The highest BCUT2D eigenvalue weighted by molar-refractivity contribution is 5.24. The Balaban J connectivity index is 2.99. The molecule has 0 aromatic carbocycles. The molecule has 0 unspecified atom stereocenters. The first-order valence-corrected chi connectivity index (χ1v) is 6.70. The maximum Gasteiger partial charge on any atom is 0.0358 e. The van der Waals surface area contributed by atoms with Gasteiger partial charge in [0.15, 0.2) is 0 Å². The molecule has 1 rings (SSSR count). The minimum atomic E-state index is 0.217. The number of rotatable bonds is 5. The second kappa shape index (κ2) is 5.56. The molecular weight excluding hydrogens is 194 g/mol. The van der Waals surface area contributed by atoms with Gasteiger partial charge in [-0.25, -0.2) is 0 Å². The molecule has 0 N–H and O–H groups in total. The third-order valence-corrected chi connectivity index (χ3v) is 3.10. The van der Waals surface area contributed by atoms with E-state index in [-0.39, 0.29) is 5.54 Å². The van der Waals surface area contributed by atoms with E-state index in [4.69, 9.17) is 0 Å². The minimum absolute atomic E-state index is 0.217. The van der Waals surface area contributed by atoms with Crippen molar-refractivity contribution in [3.05, 3.63) is 23.5 Å². The van der Waals surface area contributed by atoms with Crippen LogP contribution < -0.4 is 0 Å². The van der Waals surface area contributed by atoms with Crippen molar-refractivity contribution in [2.24, 2.45) is 0 Å². The normalized spacial score (nSPS) is 12.1. The molecule has 0 saturated carbocycles. The monoisotopic (exact) mass is 221 g/mol. The van der Waals surface area contributed by atoms with Crippen molar-refractivity contribution in [2.75, 3.05) is 0 Å². The number of aromatic nitrogens is 1. The average molecular weight is 221 g/mol. The van der Waals surface area contributed by atoms with Crippen LogP contribution in [0.25, 0.3) is 0 Å². The van der Waals surface area contributed by atoms with E-state index in [1.807, 2.05) is 0 Å². The minimum Gasteiger partial charge on any atom is -0.346 e. The lowest BCUT2D eigenvalue weighted by Gasteiger charge is -2.25. The van der Waals surface area contributed by atoms with Crippen LogP contribution in [-0.4, -0.2) is 4.57 Å². The van der Waals surface area contributed by atoms with Gasteiger partial charge in [-0.2, -0.15) is 0 Å². The quantitative estimate of drug-likeness (QED) is 0.688. The summed E-state index contributed by atoms with van der Waals surface area (Å²) in [7, 11) is 0. The summed E-state index contributed by atoms with van der Waals surface area (Å²) in [6.45, 7) is 11.4. The Hall–Kier alpha value is -0.720. The lowest BCUT2D eigenvalue weighted by Crippen LogP contribution is -2.23. The SMILES string of the molecule is CCCCc1c(CCC)ccn1C(C)(C)C. The highest BCUT2D eigenvalue weighted by Gasteiger charge is 2.18. The second-order valence-corrected chi connectivity index (χ2v) is 5.68. The third-order valence-electron chi connectivity index (χ3n) is 3.10. The van der Waals surface area contributed by atoms with Crippen molar-refractivity contribution < 1.29 is 0 Å². The van der Waals surface area contributed by atoms with Gasteiger partial charge in [0.2, 0.25) is 0 Å². The summed E-state index contributed by atoms with van der Waals surface area (Å²) in [5, 5.41) is 0. The average Bonchev–Trinajstić information content (AvgIpc) is 2.58. The van der Waals surface area contributed by atoms with Gasteiger partial charge in [-0.1, -0.05) is 26.7 Å². The van der Waals surface area contributed by atoms with E-state index in [0.29, 0.717) is 0 Å². The fraction of sp³-hybridized carbons (Fsp3) is 0.733. The smallest absolute Gasteiger partial charge is 0.0358 e. The van der Waals surface area contributed by atoms with Crippen molar-refractivity contribution >= 4 is 0 Å². The van der Waals surface area contributed by atoms with Crippen LogP contribution in [0.15, 0.2) is 12.3 Å². The zero-order valence-electron chi connectivity index (χ0n) is 11.6. The van der Waals surface area contributed by atoms with E-state index >= 15 is 0 Å². The lowest BCUT2D eigenvalue weighted by molar-refractivity contribution is 0.383. The fourth-order valence-corrected chi connectivity index (χ4v) is 2.26. The summed E-state index contributed by atoms with van der Waals surface area (Å²) < 4.78 is 2.47. The molecule has 0 aliphatic rings. The van der Waals surface area contributed by atoms with Crippen LogP contribution in [0.5, 0.6) is 0 Å². The Morgan fingerprint density at radius 2 is 1.75 bits per heavy atom. The van der Waals surface area contributed by atoms with Crippen LogP contribution in [0.2, 0.25) is 0 Å². The Morgan fingerprint density at radius 3 is 2.25 bits per heavy atom. The van der Waals surface area contributed by atoms with Crippen LogP contribution in [-0.2, 0) is 18.4 Å². The highest BCUT2D eigenvalue weighted by atomic mass is 15.0. The van der Waals surface area contributed by atoms with Gasteiger partial charge >= 0.3 is 0 Å². The maximum atomic E-state index is 2.47. The zero-order chi connectivity index (χ0) is 12.2. The van der Waals surface area contributed by atoms with Gasteiger partial charge in [-0.15, -0.1) is 0 Å². The Kier molecular flexibility index (Phi) is 4.64. The summed E-state index contributed by atoms with van der Waals surface area (Å²) in [6, 6.07) is 2.32. The van der Waals surface area contributed by atoms with Gasteiger partial charge in [-0.05, 0) is 51.7 Å². The summed E-state index contributed by atoms with van der Waals surface area (Å²) in [5.41, 5.74) is 3.34. The van der Waals surface area contributed by atoms with Gasteiger partial charge < -0.3 is 4.57 Å². The van der Waals surface area contributed by atoms with Crippen molar-refractivity contribution in [3.8, 4) is 0 Å². The van der Waals surface area contributed by atoms with Crippen LogP contribution in [0.1, 0.15) is 65.1 Å². The number of aryl methyl sites for hydroxylation is 1. The van der Waals surface area contributed by atoms with E-state index in [1.165, 1.54) is 32.1 Å². The fourth-order valence-electron chi connectivity index (χ4n) is 2.26. The predicted octanol–water partition coefficient (Wildman–Crippen LogP) is 4.54. The molecule has 0 fully saturated rings. The van der Waals surface area contributed by atoms with Crippen molar-refractivity contribution in [1.82, 2.24) is 4.57 Å². The zero-order valence-corrected chi connectivity index (χ0v) is 11.6. The molecule has 1 aromatic heterocycles. The first-order chi connectivity index (χ1) is 7.50. The molecular formula is C15H27N. The highest BCUT2D eigenvalue weighted by Crippen LogP contribution is 2.23. The summed E-state index contributed by atoms with van der Waals surface area (Å²) in [5.74, 6) is 0. The molecule has 0 atom stereocenters. The molecule has 16 heavy (non-hydrogen) atoms. The van der Waals surface area contributed by atoms with Gasteiger partial charge in [0.1, 0.15) is 0 Å². The lowest BCUT2D eigenvalue weighted by atomic mass is 10.0. The molecule has 0 amide bonds. The first kappa shape index (κ1) is 13.3. The topological polar surface area (TPSA) is 4.93 Å². The van der Waals surface area contributed by atoms with Crippen LogP contribution in [0.4, 0.5) is 0 Å². The van der Waals surface area contributed by atoms with Gasteiger partial charge in [0.25, 0.3) is 0 Å². The first-order valence-electron chi connectivity index (χ1n) is 6.70. The molecule has 0 aliphatic heterocycles. The van der Waals surface area contributed by atoms with Crippen LogP contribution >= 0.6 is 0 Å². The summed E-state index contributed by atoms with van der Waals surface area (Å²) in [6.07, 6.45) is 8.55. The number of nitrogens with zero attached hydrogens (tertiary/aromatic N) is 1. The standard InChI is InChI=1S/C15H27N/c1-6-8-10-14-13(9-7-2)11-12-16(14)15(3,4)5/h11-12H,6-10H2,1-5H3. The van der Waals surface area contributed by atoms with Crippen LogP contribution in [0.3, 0.4) is 0 Å². The molecule has 0 aliphatic carbocycles. The van der Waals surface area contributed by atoms with Crippen molar-refractivity contribution in [1.29, 1.82) is 0 Å². The largest absolute Gasteiger partial charge is 0.346 e. The maximum absolute atomic E-state index is 2.47. The molecule has 0 radical (unpaired) electrons.